The molecule has 19 heavy (non-hydrogen) atoms. The summed E-state index contributed by atoms with van der Waals surface area (Å²) in [7, 11) is 0. The van der Waals surface area contributed by atoms with Gasteiger partial charge in [0.15, 0.2) is 0 Å². The molecule has 1 aromatic rings. The average Bonchev–Trinajstić information content (AvgIpc) is 2.40. The molecular weight excluding hydrogens is 236 g/mol. The van der Waals surface area contributed by atoms with Gasteiger partial charge in [0, 0.05) is 18.2 Å². The van der Waals surface area contributed by atoms with Crippen LogP contribution in [0.3, 0.4) is 0 Å². The Morgan fingerprint density at radius 2 is 2.00 bits per heavy atom. The second kappa shape index (κ2) is 6.71. The number of para-hydroxylation sites is 1. The lowest BCUT2D eigenvalue weighted by molar-refractivity contribution is -0.117. The van der Waals surface area contributed by atoms with Gasteiger partial charge < -0.3 is 11.1 Å². The number of carbonyl (C=O) groups is 1. The lowest BCUT2D eigenvalue weighted by Crippen LogP contribution is -2.20. The molecule has 0 saturated heterocycles. The Hall–Kier alpha value is -1.35. The number of rotatable bonds is 4. The van der Waals surface area contributed by atoms with Crippen LogP contribution in [-0.4, -0.2) is 5.91 Å². The van der Waals surface area contributed by atoms with E-state index in [9.17, 15) is 4.79 Å². The third kappa shape index (κ3) is 4.06. The lowest BCUT2D eigenvalue weighted by Gasteiger charge is -2.21. The molecule has 1 atom stereocenters. The first kappa shape index (κ1) is 14.1. The molecule has 0 radical (unpaired) electrons. The Morgan fingerprint density at radius 1 is 1.32 bits per heavy atom. The molecule has 1 unspecified atom stereocenters. The normalized spacial score (nSPS) is 18.0. The Bertz CT molecular complexity index is 423. The third-order valence-corrected chi connectivity index (χ3v) is 3.92. The summed E-state index contributed by atoms with van der Waals surface area (Å²) < 4.78 is 0. The van der Waals surface area contributed by atoms with Crippen molar-refractivity contribution in [3.8, 4) is 0 Å². The monoisotopic (exact) mass is 260 g/mol. The van der Waals surface area contributed by atoms with E-state index < -0.39 is 0 Å². The summed E-state index contributed by atoms with van der Waals surface area (Å²) >= 11 is 0. The van der Waals surface area contributed by atoms with E-state index in [0.29, 0.717) is 12.3 Å². The average molecular weight is 260 g/mol. The fourth-order valence-corrected chi connectivity index (χ4v) is 2.86. The van der Waals surface area contributed by atoms with Gasteiger partial charge in [-0.2, -0.15) is 0 Å². The molecule has 0 heterocycles. The van der Waals surface area contributed by atoms with E-state index in [1.165, 1.54) is 32.1 Å². The van der Waals surface area contributed by atoms with Crippen LogP contribution in [0.2, 0.25) is 0 Å². The maximum atomic E-state index is 12.1. The summed E-state index contributed by atoms with van der Waals surface area (Å²) in [5.41, 5.74) is 7.78. The third-order valence-electron chi connectivity index (χ3n) is 3.92. The van der Waals surface area contributed by atoms with Crippen LogP contribution in [0, 0.1) is 5.92 Å². The molecule has 0 aliphatic heterocycles. The molecule has 0 spiro atoms. The van der Waals surface area contributed by atoms with Gasteiger partial charge in [-0.05, 0) is 37.3 Å². The first-order valence-corrected chi connectivity index (χ1v) is 7.31. The molecule has 1 amide bonds. The van der Waals surface area contributed by atoms with Crippen LogP contribution in [0.1, 0.15) is 57.1 Å². The molecule has 2 rings (SSSR count). The molecule has 1 aliphatic rings. The molecule has 1 fully saturated rings. The number of hydrogen-bond acceptors (Lipinski definition) is 2. The smallest absolute Gasteiger partial charge is 0.224 e. The van der Waals surface area contributed by atoms with Crippen molar-refractivity contribution in [3.63, 3.8) is 0 Å². The van der Waals surface area contributed by atoms with Crippen molar-refractivity contribution in [1.29, 1.82) is 0 Å². The fraction of sp³-hybridized carbons (Fsp3) is 0.562. The predicted octanol–water partition coefficient (Wildman–Crippen LogP) is 3.62. The standard InChI is InChI=1S/C16H24N2O/c1-12(17)14-9-5-6-10-15(14)18-16(19)11-13-7-3-2-4-8-13/h5-6,9-10,12-13H,2-4,7-8,11,17H2,1H3,(H,18,19). The first-order valence-electron chi connectivity index (χ1n) is 7.31. The molecule has 3 N–H and O–H groups in total. The minimum absolute atomic E-state index is 0.0637. The van der Waals surface area contributed by atoms with Crippen LogP contribution >= 0.6 is 0 Å². The van der Waals surface area contributed by atoms with Crippen molar-refractivity contribution in [2.75, 3.05) is 5.32 Å². The molecule has 3 heteroatoms. The Kier molecular flexibility index (Phi) is 4.97. The van der Waals surface area contributed by atoms with E-state index in [1.54, 1.807) is 0 Å². The first-order chi connectivity index (χ1) is 9.16. The molecule has 1 aliphatic carbocycles. The second-order valence-corrected chi connectivity index (χ2v) is 5.63. The van der Waals surface area contributed by atoms with E-state index in [1.807, 2.05) is 31.2 Å². The van der Waals surface area contributed by atoms with Gasteiger partial charge in [0.1, 0.15) is 0 Å². The predicted molar refractivity (Wildman–Crippen MR) is 78.9 cm³/mol. The maximum Gasteiger partial charge on any atom is 0.224 e. The molecule has 104 valence electrons. The number of benzene rings is 1. The Labute approximate surface area is 115 Å². The van der Waals surface area contributed by atoms with Crippen LogP contribution in [0.4, 0.5) is 5.69 Å². The highest BCUT2D eigenvalue weighted by Gasteiger charge is 2.17. The highest BCUT2D eigenvalue weighted by Crippen LogP contribution is 2.27. The Morgan fingerprint density at radius 3 is 2.68 bits per heavy atom. The van der Waals surface area contributed by atoms with Crippen molar-refractivity contribution in [1.82, 2.24) is 0 Å². The number of carbonyl (C=O) groups excluding carboxylic acids is 1. The van der Waals surface area contributed by atoms with Crippen LogP contribution in [0.5, 0.6) is 0 Å². The SMILES string of the molecule is CC(N)c1ccccc1NC(=O)CC1CCCCC1. The van der Waals surface area contributed by atoms with Crippen molar-refractivity contribution in [2.24, 2.45) is 11.7 Å². The minimum Gasteiger partial charge on any atom is -0.326 e. The van der Waals surface area contributed by atoms with Gasteiger partial charge in [-0.25, -0.2) is 0 Å². The molecule has 1 aromatic carbocycles. The summed E-state index contributed by atoms with van der Waals surface area (Å²) in [6.45, 7) is 1.94. The minimum atomic E-state index is -0.0637. The summed E-state index contributed by atoms with van der Waals surface area (Å²) in [6.07, 6.45) is 6.91. The van der Waals surface area contributed by atoms with Crippen LogP contribution in [0.15, 0.2) is 24.3 Å². The topological polar surface area (TPSA) is 55.1 Å². The fourth-order valence-electron chi connectivity index (χ4n) is 2.86. The highest BCUT2D eigenvalue weighted by atomic mass is 16.1. The van der Waals surface area contributed by atoms with Gasteiger partial charge in [0.25, 0.3) is 0 Å². The maximum absolute atomic E-state index is 12.1. The van der Waals surface area contributed by atoms with Crippen molar-refractivity contribution < 1.29 is 4.79 Å². The van der Waals surface area contributed by atoms with Crippen molar-refractivity contribution >= 4 is 11.6 Å². The zero-order valence-electron chi connectivity index (χ0n) is 11.7. The van der Waals surface area contributed by atoms with E-state index in [4.69, 9.17) is 5.73 Å². The molecule has 0 bridgehead atoms. The van der Waals surface area contributed by atoms with E-state index in [2.05, 4.69) is 5.32 Å². The highest BCUT2D eigenvalue weighted by molar-refractivity contribution is 5.91. The van der Waals surface area contributed by atoms with Crippen LogP contribution in [0.25, 0.3) is 0 Å². The summed E-state index contributed by atoms with van der Waals surface area (Å²) in [6, 6.07) is 7.72. The number of nitrogens with two attached hydrogens (primary N) is 1. The number of amides is 1. The number of nitrogens with one attached hydrogen (secondary N) is 1. The molecule has 0 aromatic heterocycles. The summed E-state index contributed by atoms with van der Waals surface area (Å²) in [5.74, 6) is 0.691. The van der Waals surface area contributed by atoms with Gasteiger partial charge in [0.2, 0.25) is 5.91 Å². The second-order valence-electron chi connectivity index (χ2n) is 5.63. The molecular formula is C16H24N2O. The number of hydrogen-bond donors (Lipinski definition) is 2. The molecule has 3 nitrogen and oxygen atoms in total. The van der Waals surface area contributed by atoms with Gasteiger partial charge in [-0.3, -0.25) is 4.79 Å². The van der Waals surface area contributed by atoms with Crippen LogP contribution in [-0.2, 0) is 4.79 Å². The lowest BCUT2D eigenvalue weighted by atomic mass is 9.87. The zero-order chi connectivity index (χ0) is 13.7. The van der Waals surface area contributed by atoms with Gasteiger partial charge in [0.05, 0.1) is 0 Å². The summed E-state index contributed by atoms with van der Waals surface area (Å²) in [4.78, 5) is 12.1. The zero-order valence-corrected chi connectivity index (χ0v) is 11.7. The van der Waals surface area contributed by atoms with Gasteiger partial charge in [-0.15, -0.1) is 0 Å². The van der Waals surface area contributed by atoms with E-state index >= 15 is 0 Å². The van der Waals surface area contributed by atoms with Crippen molar-refractivity contribution in [2.45, 2.75) is 51.5 Å². The largest absolute Gasteiger partial charge is 0.326 e. The van der Waals surface area contributed by atoms with Crippen molar-refractivity contribution in [3.05, 3.63) is 29.8 Å². The molecule has 1 saturated carbocycles. The Balaban J connectivity index is 1.94. The van der Waals surface area contributed by atoms with Crippen LogP contribution < -0.4 is 11.1 Å². The van der Waals surface area contributed by atoms with Gasteiger partial charge in [-0.1, -0.05) is 37.5 Å². The van der Waals surface area contributed by atoms with E-state index in [0.717, 1.165) is 11.3 Å². The number of anilines is 1. The summed E-state index contributed by atoms with van der Waals surface area (Å²) in [5, 5.41) is 3.02. The quantitative estimate of drug-likeness (QED) is 0.868. The van der Waals surface area contributed by atoms with Gasteiger partial charge >= 0.3 is 0 Å². The van der Waals surface area contributed by atoms with E-state index in [-0.39, 0.29) is 11.9 Å².